The molecule has 0 N–H and O–H groups in total. The van der Waals surface area contributed by atoms with Crippen LogP contribution in [0.15, 0.2) is 170 Å². The molecule has 0 aliphatic carbocycles. The highest BCUT2D eigenvalue weighted by molar-refractivity contribution is 5.77. The van der Waals surface area contributed by atoms with Crippen LogP contribution in [0.1, 0.15) is 5.56 Å². The van der Waals surface area contributed by atoms with E-state index < -0.39 is 0 Å². The van der Waals surface area contributed by atoms with Gasteiger partial charge in [-0.1, -0.05) is 127 Å². The van der Waals surface area contributed by atoms with Gasteiger partial charge in [-0.25, -0.2) is 15.0 Å². The molecule has 0 saturated carbocycles. The number of hydrogen-bond acceptors (Lipinski definition) is 5. The number of hydrogen-bond donors (Lipinski definition) is 0. The highest BCUT2D eigenvalue weighted by atomic mass is 14.9. The van der Waals surface area contributed by atoms with Gasteiger partial charge in [0.15, 0.2) is 5.82 Å². The maximum absolute atomic E-state index is 4.98. The minimum Gasteiger partial charge on any atom is -0.255 e. The van der Waals surface area contributed by atoms with Crippen molar-refractivity contribution in [3.63, 3.8) is 0 Å². The van der Waals surface area contributed by atoms with E-state index in [0.29, 0.717) is 5.82 Å². The van der Waals surface area contributed by atoms with Gasteiger partial charge in [0.25, 0.3) is 0 Å². The maximum atomic E-state index is 4.98. The first-order chi connectivity index (χ1) is 24.2. The van der Waals surface area contributed by atoms with Gasteiger partial charge in [-0.2, -0.15) is 0 Å². The van der Waals surface area contributed by atoms with E-state index in [4.69, 9.17) is 19.9 Å². The largest absolute Gasteiger partial charge is 0.255 e. The van der Waals surface area contributed by atoms with Gasteiger partial charge in [0.05, 0.1) is 34.2 Å². The van der Waals surface area contributed by atoms with Crippen molar-refractivity contribution in [3.8, 4) is 78.9 Å². The van der Waals surface area contributed by atoms with E-state index in [-0.39, 0.29) is 0 Å². The zero-order valence-corrected chi connectivity index (χ0v) is 26.9. The minimum absolute atomic E-state index is 0.684. The van der Waals surface area contributed by atoms with Crippen LogP contribution in [0.5, 0.6) is 0 Å². The SMILES string of the molecule is Cc1ccc(-c2cc(-c3ccccn3)nc(-c3ccc(-c4ccc(-c5nc(-c6ccccc6)cc(-c6ccccc6)n5)cc4)cn3)c2)cc1. The summed E-state index contributed by atoms with van der Waals surface area (Å²) in [4.78, 5) is 24.4. The minimum atomic E-state index is 0.684. The van der Waals surface area contributed by atoms with Crippen LogP contribution in [-0.2, 0) is 0 Å². The number of aryl methyl sites for hydroxylation is 1. The van der Waals surface area contributed by atoms with E-state index in [1.165, 1.54) is 5.56 Å². The van der Waals surface area contributed by atoms with E-state index in [1.54, 1.807) is 6.20 Å². The van der Waals surface area contributed by atoms with Crippen LogP contribution >= 0.6 is 0 Å². The molecule has 0 spiro atoms. The van der Waals surface area contributed by atoms with Crippen molar-refractivity contribution in [2.45, 2.75) is 6.92 Å². The monoisotopic (exact) mass is 629 g/mol. The van der Waals surface area contributed by atoms with Crippen LogP contribution in [0.2, 0.25) is 0 Å². The van der Waals surface area contributed by atoms with Gasteiger partial charge >= 0.3 is 0 Å². The summed E-state index contributed by atoms with van der Waals surface area (Å²) in [6.07, 6.45) is 3.70. The summed E-state index contributed by atoms with van der Waals surface area (Å²) in [5, 5.41) is 0. The Morgan fingerprint density at radius 2 is 0.857 bits per heavy atom. The molecule has 4 aromatic carbocycles. The predicted octanol–water partition coefficient (Wildman–Crippen LogP) is 10.6. The summed E-state index contributed by atoms with van der Waals surface area (Å²) < 4.78 is 0. The molecule has 0 unspecified atom stereocenters. The number of pyridine rings is 3. The summed E-state index contributed by atoms with van der Waals surface area (Å²) in [5.41, 5.74) is 13.5. The summed E-state index contributed by atoms with van der Waals surface area (Å²) >= 11 is 0. The molecule has 232 valence electrons. The average molecular weight is 630 g/mol. The average Bonchev–Trinajstić information content (AvgIpc) is 3.19. The van der Waals surface area contributed by atoms with E-state index in [1.807, 2.05) is 66.9 Å². The summed E-state index contributed by atoms with van der Waals surface area (Å²) in [6.45, 7) is 2.10. The fourth-order valence-corrected chi connectivity index (χ4v) is 5.84. The van der Waals surface area contributed by atoms with Gasteiger partial charge in [0.2, 0.25) is 0 Å². The first-order valence-corrected chi connectivity index (χ1v) is 16.2. The molecule has 4 aromatic heterocycles. The van der Waals surface area contributed by atoms with Gasteiger partial charge in [-0.15, -0.1) is 0 Å². The van der Waals surface area contributed by atoms with Crippen molar-refractivity contribution in [1.82, 2.24) is 24.9 Å². The molecule has 0 aliphatic rings. The molecule has 5 nitrogen and oxygen atoms in total. The lowest BCUT2D eigenvalue weighted by molar-refractivity contribution is 1.18. The molecule has 8 aromatic rings. The molecule has 0 amide bonds. The zero-order chi connectivity index (χ0) is 33.0. The van der Waals surface area contributed by atoms with Gasteiger partial charge in [-0.05, 0) is 60.0 Å². The molecular weight excluding hydrogens is 599 g/mol. The predicted molar refractivity (Wildman–Crippen MR) is 198 cm³/mol. The third kappa shape index (κ3) is 6.51. The number of rotatable bonds is 7. The van der Waals surface area contributed by atoms with Crippen molar-refractivity contribution >= 4 is 0 Å². The Labute approximate surface area is 285 Å². The molecule has 8 rings (SSSR count). The molecule has 0 fully saturated rings. The van der Waals surface area contributed by atoms with Gasteiger partial charge in [0, 0.05) is 34.6 Å². The molecule has 0 radical (unpaired) electrons. The second-order valence-electron chi connectivity index (χ2n) is 11.9. The molecule has 0 bridgehead atoms. The Morgan fingerprint density at radius 3 is 1.43 bits per heavy atom. The Balaban J connectivity index is 1.11. The van der Waals surface area contributed by atoms with Crippen molar-refractivity contribution in [2.75, 3.05) is 0 Å². The van der Waals surface area contributed by atoms with Crippen LogP contribution in [0.4, 0.5) is 0 Å². The Kier molecular flexibility index (Phi) is 8.06. The van der Waals surface area contributed by atoms with Gasteiger partial charge in [0.1, 0.15) is 0 Å². The highest BCUT2D eigenvalue weighted by Crippen LogP contribution is 2.32. The number of benzene rings is 4. The Morgan fingerprint density at radius 1 is 0.327 bits per heavy atom. The van der Waals surface area contributed by atoms with E-state index in [0.717, 1.165) is 73.1 Å². The van der Waals surface area contributed by atoms with Crippen LogP contribution in [0.25, 0.3) is 78.9 Å². The smallest absolute Gasteiger partial charge is 0.160 e. The van der Waals surface area contributed by atoms with Crippen LogP contribution in [0.3, 0.4) is 0 Å². The first kappa shape index (κ1) is 29.8. The molecule has 49 heavy (non-hydrogen) atoms. The van der Waals surface area contributed by atoms with Crippen LogP contribution in [0, 0.1) is 6.92 Å². The van der Waals surface area contributed by atoms with Crippen LogP contribution < -0.4 is 0 Å². The van der Waals surface area contributed by atoms with Gasteiger partial charge in [-0.3, -0.25) is 9.97 Å². The second kappa shape index (κ2) is 13.3. The number of nitrogens with zero attached hydrogens (tertiary/aromatic N) is 5. The van der Waals surface area contributed by atoms with Crippen LogP contribution in [-0.4, -0.2) is 24.9 Å². The highest BCUT2D eigenvalue weighted by Gasteiger charge is 2.13. The third-order valence-corrected chi connectivity index (χ3v) is 8.51. The summed E-state index contributed by atoms with van der Waals surface area (Å²) in [5.74, 6) is 0.684. The summed E-state index contributed by atoms with van der Waals surface area (Å²) in [7, 11) is 0. The standard InChI is InChI=1S/C44H31N5/c1-30-15-17-32(18-16-30)37-26-42(38-14-8-9-25-45-38)47-43(27-37)39-24-23-36(29-46-39)31-19-21-35(22-20-31)44-48-40(33-10-4-2-5-11-33)28-41(49-44)34-12-6-3-7-13-34/h2-29H,1H3. The van der Waals surface area contributed by atoms with Crippen molar-refractivity contribution in [1.29, 1.82) is 0 Å². The fraction of sp³-hybridized carbons (Fsp3) is 0.0227. The quantitative estimate of drug-likeness (QED) is 0.175. The first-order valence-electron chi connectivity index (χ1n) is 16.2. The van der Waals surface area contributed by atoms with Crippen molar-refractivity contribution < 1.29 is 0 Å². The molecule has 0 saturated heterocycles. The number of aromatic nitrogens is 5. The topological polar surface area (TPSA) is 64.5 Å². The fourth-order valence-electron chi connectivity index (χ4n) is 5.84. The maximum Gasteiger partial charge on any atom is 0.160 e. The molecular formula is C44H31N5. The molecule has 0 atom stereocenters. The molecule has 0 aliphatic heterocycles. The van der Waals surface area contributed by atoms with E-state index >= 15 is 0 Å². The Bertz CT molecular complexity index is 2280. The van der Waals surface area contributed by atoms with Crippen molar-refractivity contribution in [2.24, 2.45) is 0 Å². The Hall–Kier alpha value is -6.59. The molecule has 4 heterocycles. The van der Waals surface area contributed by atoms with E-state index in [2.05, 4.69) is 109 Å². The third-order valence-electron chi connectivity index (χ3n) is 8.51. The second-order valence-corrected chi connectivity index (χ2v) is 11.9. The zero-order valence-electron chi connectivity index (χ0n) is 26.9. The van der Waals surface area contributed by atoms with Crippen molar-refractivity contribution in [3.05, 3.63) is 176 Å². The normalized spacial score (nSPS) is 11.0. The van der Waals surface area contributed by atoms with Gasteiger partial charge < -0.3 is 0 Å². The molecule has 5 heteroatoms. The lowest BCUT2D eigenvalue weighted by Gasteiger charge is -2.11. The summed E-state index contributed by atoms with van der Waals surface area (Å²) in [6, 6.07) is 53.6. The lowest BCUT2D eigenvalue weighted by atomic mass is 10.0. The van der Waals surface area contributed by atoms with E-state index in [9.17, 15) is 0 Å². The lowest BCUT2D eigenvalue weighted by Crippen LogP contribution is -1.96.